The smallest absolute Gasteiger partial charge is 0.336 e. The molecule has 0 saturated heterocycles. The molecule has 0 radical (unpaired) electrons. The maximum Gasteiger partial charge on any atom is 0.336 e. The molecule has 1 saturated carbocycles. The summed E-state index contributed by atoms with van der Waals surface area (Å²) in [5.74, 6) is 0.102. The molecule has 5 aromatic rings. The monoisotopic (exact) mass is 636 g/mol. The van der Waals surface area contributed by atoms with Gasteiger partial charge < -0.3 is 15.6 Å². The summed E-state index contributed by atoms with van der Waals surface area (Å²) < 4.78 is 18.1. The van der Waals surface area contributed by atoms with Gasteiger partial charge in [0, 0.05) is 27.1 Å². The number of halogens is 2. The number of anilines is 4. The summed E-state index contributed by atoms with van der Waals surface area (Å²) in [7, 11) is 0. The molecule has 0 bridgehead atoms. The van der Waals surface area contributed by atoms with Crippen molar-refractivity contribution in [2.75, 3.05) is 10.6 Å². The first kappa shape index (κ1) is 25.0. The number of fused-ring (bicyclic) bond motifs is 1. The highest BCUT2D eigenvalue weighted by Crippen LogP contribution is 2.34. The van der Waals surface area contributed by atoms with Gasteiger partial charge >= 0.3 is 5.69 Å². The number of nitrogens with zero attached hydrogens (tertiary/aromatic N) is 3. The highest BCUT2D eigenvalue weighted by molar-refractivity contribution is 14.1. The molecule has 3 aromatic heterocycles. The van der Waals surface area contributed by atoms with Crippen LogP contribution in [-0.4, -0.2) is 19.1 Å². The molecule has 6 rings (SSSR count). The van der Waals surface area contributed by atoms with Crippen LogP contribution in [0.15, 0.2) is 81.2 Å². The number of aromatic nitrogens is 4. The van der Waals surface area contributed by atoms with Gasteiger partial charge in [-0.25, -0.2) is 14.2 Å². The van der Waals surface area contributed by atoms with Crippen molar-refractivity contribution in [2.45, 2.75) is 25.8 Å². The van der Waals surface area contributed by atoms with E-state index in [1.807, 2.05) is 46.9 Å². The second-order valence-electron chi connectivity index (χ2n) is 9.34. The van der Waals surface area contributed by atoms with Gasteiger partial charge in [-0.1, -0.05) is 12.1 Å². The van der Waals surface area contributed by atoms with Crippen LogP contribution in [0.1, 0.15) is 24.4 Å². The molecule has 0 amide bonds. The molecule has 11 heteroatoms. The average molecular weight is 636 g/mol. The summed E-state index contributed by atoms with van der Waals surface area (Å²) >= 11 is 2.00. The van der Waals surface area contributed by atoms with E-state index in [2.05, 4.69) is 20.6 Å². The fourth-order valence-corrected chi connectivity index (χ4v) is 5.06. The third-order valence-corrected chi connectivity index (χ3v) is 7.29. The highest BCUT2D eigenvalue weighted by Gasteiger charge is 2.31. The normalized spacial score (nSPS) is 13.0. The minimum absolute atomic E-state index is 0.0247. The van der Waals surface area contributed by atoms with E-state index in [4.69, 9.17) is 0 Å². The maximum absolute atomic E-state index is 14.8. The first-order valence-electron chi connectivity index (χ1n) is 12.3. The molecule has 1 aliphatic rings. The number of nitrogens with one attached hydrogen (secondary N) is 3. The van der Waals surface area contributed by atoms with Gasteiger partial charge in [0.15, 0.2) is 0 Å². The lowest BCUT2D eigenvalue weighted by molar-refractivity contribution is 0.630. The van der Waals surface area contributed by atoms with E-state index in [-0.39, 0.29) is 34.0 Å². The Hall–Kier alpha value is -4.26. The van der Waals surface area contributed by atoms with Crippen molar-refractivity contribution in [1.82, 2.24) is 19.1 Å². The van der Waals surface area contributed by atoms with Gasteiger partial charge in [0.1, 0.15) is 22.8 Å². The summed E-state index contributed by atoms with van der Waals surface area (Å²) in [5.41, 5.74) is -0.0109. The SMILES string of the molecule is Cc1c(=O)[nH]c(Nc2ccc(I)cc2F)c2c(=O)n(C3CC3)c(=O)n(-c3cccc(Nc4ccccn4)c3)c12. The summed E-state index contributed by atoms with van der Waals surface area (Å²) in [6.07, 6.45) is 3.05. The molecule has 196 valence electrons. The van der Waals surface area contributed by atoms with Crippen molar-refractivity contribution < 1.29 is 4.39 Å². The maximum atomic E-state index is 14.8. The van der Waals surface area contributed by atoms with Crippen molar-refractivity contribution in [2.24, 2.45) is 0 Å². The number of benzene rings is 2. The predicted molar refractivity (Wildman–Crippen MR) is 157 cm³/mol. The molecule has 39 heavy (non-hydrogen) atoms. The number of pyridine rings is 2. The lowest BCUT2D eigenvalue weighted by atomic mass is 10.1. The zero-order valence-corrected chi connectivity index (χ0v) is 22.8. The zero-order chi connectivity index (χ0) is 27.3. The van der Waals surface area contributed by atoms with Gasteiger partial charge in [-0.15, -0.1) is 0 Å². The zero-order valence-electron chi connectivity index (χ0n) is 20.7. The molecular formula is C28H22FIN6O3. The van der Waals surface area contributed by atoms with Crippen LogP contribution in [0.25, 0.3) is 16.6 Å². The van der Waals surface area contributed by atoms with Gasteiger partial charge in [-0.3, -0.25) is 18.7 Å². The average Bonchev–Trinajstić information content (AvgIpc) is 3.74. The van der Waals surface area contributed by atoms with Crippen molar-refractivity contribution >= 4 is 56.5 Å². The summed E-state index contributed by atoms with van der Waals surface area (Å²) in [5, 5.41) is 6.20. The van der Waals surface area contributed by atoms with E-state index in [1.54, 1.807) is 37.4 Å². The Bertz CT molecular complexity index is 1930. The standard InChI is InChI=1S/C28H22FIN6O3/c1-15-24-23(25(34-26(15)37)33-21-11-8-16(30)13-20(21)29)27(38)36(18-9-10-18)28(39)35(24)19-6-4-5-17(14-19)32-22-7-2-3-12-31-22/h2-8,11-14,18H,9-10H2,1H3,(H,31,32)(H2,33,34,37). The topological polar surface area (TPSA) is 114 Å². The highest BCUT2D eigenvalue weighted by atomic mass is 127. The number of aryl methyl sites for hydroxylation is 1. The first-order valence-corrected chi connectivity index (χ1v) is 13.3. The van der Waals surface area contributed by atoms with E-state index in [0.29, 0.717) is 33.6 Å². The van der Waals surface area contributed by atoms with Crippen molar-refractivity contribution in [1.29, 1.82) is 0 Å². The minimum Gasteiger partial charge on any atom is -0.340 e. The predicted octanol–water partition coefficient (Wildman–Crippen LogP) is 5.11. The molecule has 2 aromatic carbocycles. The Kier molecular flexibility index (Phi) is 6.29. The largest absolute Gasteiger partial charge is 0.340 e. The fourth-order valence-electron chi connectivity index (χ4n) is 4.60. The Morgan fingerprint density at radius 3 is 2.56 bits per heavy atom. The Balaban J connectivity index is 1.62. The third-order valence-electron chi connectivity index (χ3n) is 6.62. The van der Waals surface area contributed by atoms with Crippen LogP contribution in [0.3, 0.4) is 0 Å². The van der Waals surface area contributed by atoms with Crippen LogP contribution in [0.4, 0.5) is 27.4 Å². The molecule has 3 N–H and O–H groups in total. The fraction of sp³-hybridized carbons (Fsp3) is 0.143. The van der Waals surface area contributed by atoms with E-state index >= 15 is 0 Å². The number of rotatable bonds is 6. The molecule has 1 aliphatic carbocycles. The van der Waals surface area contributed by atoms with Crippen molar-refractivity contribution in [3.05, 3.63) is 113 Å². The van der Waals surface area contributed by atoms with Crippen molar-refractivity contribution in [3.63, 3.8) is 0 Å². The van der Waals surface area contributed by atoms with E-state index in [0.717, 1.165) is 0 Å². The molecule has 0 spiro atoms. The van der Waals surface area contributed by atoms with Gasteiger partial charge in [0.2, 0.25) is 0 Å². The van der Waals surface area contributed by atoms with Crippen LogP contribution < -0.4 is 27.4 Å². The second-order valence-corrected chi connectivity index (χ2v) is 10.6. The van der Waals surface area contributed by atoms with Crippen LogP contribution in [-0.2, 0) is 0 Å². The van der Waals surface area contributed by atoms with Gasteiger partial charge in [-0.05, 0) is 90.9 Å². The Morgan fingerprint density at radius 2 is 1.85 bits per heavy atom. The molecule has 1 fully saturated rings. The molecule has 0 unspecified atom stereocenters. The molecule has 0 aliphatic heterocycles. The number of H-pyrrole nitrogens is 1. The summed E-state index contributed by atoms with van der Waals surface area (Å²) in [4.78, 5) is 47.8. The van der Waals surface area contributed by atoms with Crippen LogP contribution in [0.2, 0.25) is 0 Å². The number of hydrogen-bond donors (Lipinski definition) is 3. The Morgan fingerprint density at radius 1 is 1.03 bits per heavy atom. The van der Waals surface area contributed by atoms with Crippen LogP contribution in [0, 0.1) is 16.3 Å². The van der Waals surface area contributed by atoms with E-state index in [9.17, 15) is 18.8 Å². The van der Waals surface area contributed by atoms with Crippen LogP contribution >= 0.6 is 22.6 Å². The van der Waals surface area contributed by atoms with Gasteiger partial charge in [0.05, 0.1) is 16.9 Å². The molecule has 9 nitrogen and oxygen atoms in total. The molecule has 3 heterocycles. The first-order chi connectivity index (χ1) is 18.8. The van der Waals surface area contributed by atoms with Gasteiger partial charge in [-0.2, -0.15) is 0 Å². The molecular weight excluding hydrogens is 614 g/mol. The summed E-state index contributed by atoms with van der Waals surface area (Å²) in [6, 6.07) is 16.9. The minimum atomic E-state index is -0.541. The lowest BCUT2D eigenvalue weighted by Crippen LogP contribution is -2.40. The van der Waals surface area contributed by atoms with E-state index < -0.39 is 22.6 Å². The van der Waals surface area contributed by atoms with Crippen LogP contribution in [0.5, 0.6) is 0 Å². The number of hydrogen-bond acceptors (Lipinski definition) is 6. The van der Waals surface area contributed by atoms with E-state index in [1.165, 1.54) is 21.3 Å². The van der Waals surface area contributed by atoms with Crippen molar-refractivity contribution in [3.8, 4) is 5.69 Å². The molecule has 0 atom stereocenters. The summed E-state index contributed by atoms with van der Waals surface area (Å²) in [6.45, 7) is 1.56. The second kappa shape index (κ2) is 9.80. The lowest BCUT2D eigenvalue weighted by Gasteiger charge is -2.19. The van der Waals surface area contributed by atoms with Gasteiger partial charge in [0.25, 0.3) is 11.1 Å². The number of aromatic amines is 1. The quantitative estimate of drug-likeness (QED) is 0.224. The third kappa shape index (κ3) is 4.62. The Labute approximate surface area is 234 Å².